The number of hydrogen-bond acceptors (Lipinski definition) is 5. The Hall–Kier alpha value is -2.70. The third-order valence-electron chi connectivity index (χ3n) is 4.46. The van der Waals surface area contributed by atoms with Gasteiger partial charge in [0.2, 0.25) is 5.89 Å². The molecule has 0 unspecified atom stereocenters. The molecule has 1 aromatic heterocycles. The Morgan fingerprint density at radius 1 is 1.15 bits per heavy atom. The predicted molar refractivity (Wildman–Crippen MR) is 99.0 cm³/mol. The number of nitrogens with zero attached hydrogens (tertiary/aromatic N) is 1. The fourth-order valence-corrected chi connectivity index (χ4v) is 3.06. The molecule has 0 bridgehead atoms. The molecule has 6 heteroatoms. The SMILES string of the molecule is Fc1ccccc1-c1cnc(COc2ccc(C[C@@H]3COCCN3)cc2)o1. The molecule has 1 aliphatic rings. The Bertz CT molecular complexity index is 873. The largest absolute Gasteiger partial charge is 0.484 e. The summed E-state index contributed by atoms with van der Waals surface area (Å²) < 4.78 is 30.6. The third-order valence-corrected chi connectivity index (χ3v) is 4.46. The highest BCUT2D eigenvalue weighted by atomic mass is 19.1. The van der Waals surface area contributed by atoms with E-state index in [0.717, 1.165) is 31.9 Å². The molecule has 1 atom stereocenters. The van der Waals surface area contributed by atoms with Crippen LogP contribution in [0.3, 0.4) is 0 Å². The molecular formula is C21H21FN2O3. The monoisotopic (exact) mass is 368 g/mol. The van der Waals surface area contributed by atoms with Crippen LogP contribution in [0.25, 0.3) is 11.3 Å². The van der Waals surface area contributed by atoms with E-state index >= 15 is 0 Å². The van der Waals surface area contributed by atoms with Crippen LogP contribution in [0.5, 0.6) is 5.75 Å². The van der Waals surface area contributed by atoms with Crippen molar-refractivity contribution in [3.05, 3.63) is 72.0 Å². The lowest BCUT2D eigenvalue weighted by molar-refractivity contribution is 0.0770. The van der Waals surface area contributed by atoms with Gasteiger partial charge in [0, 0.05) is 12.6 Å². The van der Waals surface area contributed by atoms with Crippen LogP contribution in [0.1, 0.15) is 11.5 Å². The zero-order chi connectivity index (χ0) is 18.5. The van der Waals surface area contributed by atoms with Crippen LogP contribution in [0.2, 0.25) is 0 Å². The van der Waals surface area contributed by atoms with E-state index in [9.17, 15) is 4.39 Å². The number of rotatable bonds is 6. The predicted octanol–water partition coefficient (Wildman–Crippen LogP) is 3.59. The molecule has 5 nitrogen and oxygen atoms in total. The Labute approximate surface area is 157 Å². The lowest BCUT2D eigenvalue weighted by Crippen LogP contribution is -2.42. The van der Waals surface area contributed by atoms with Gasteiger partial charge in [-0.25, -0.2) is 9.37 Å². The first-order chi connectivity index (χ1) is 13.3. The maximum atomic E-state index is 13.8. The van der Waals surface area contributed by atoms with E-state index in [1.807, 2.05) is 24.3 Å². The number of benzene rings is 2. The summed E-state index contributed by atoms with van der Waals surface area (Å²) >= 11 is 0. The number of nitrogens with one attached hydrogen (secondary N) is 1. The summed E-state index contributed by atoms with van der Waals surface area (Å²) in [7, 11) is 0. The van der Waals surface area contributed by atoms with E-state index in [4.69, 9.17) is 13.9 Å². The van der Waals surface area contributed by atoms with Crippen LogP contribution >= 0.6 is 0 Å². The molecular weight excluding hydrogens is 347 g/mol. The number of aromatic nitrogens is 1. The van der Waals surface area contributed by atoms with Gasteiger partial charge in [0.05, 0.1) is 25.0 Å². The van der Waals surface area contributed by atoms with Crippen LogP contribution in [-0.2, 0) is 17.8 Å². The van der Waals surface area contributed by atoms with Gasteiger partial charge in [-0.3, -0.25) is 0 Å². The van der Waals surface area contributed by atoms with Gasteiger partial charge in [0.25, 0.3) is 0 Å². The average molecular weight is 368 g/mol. The Kier molecular flexibility index (Phi) is 5.46. The molecule has 140 valence electrons. The second kappa shape index (κ2) is 8.33. The molecule has 1 fully saturated rings. The summed E-state index contributed by atoms with van der Waals surface area (Å²) in [5.74, 6) is 1.19. The number of morpholine rings is 1. The van der Waals surface area contributed by atoms with Gasteiger partial charge >= 0.3 is 0 Å². The molecule has 0 amide bonds. The standard InChI is InChI=1S/C21H21FN2O3/c22-19-4-2-1-3-18(19)20-12-24-21(27-20)14-26-17-7-5-15(6-8-17)11-16-13-25-10-9-23-16/h1-8,12,16,23H,9-11,13-14H2/t16-/m1/s1. The molecule has 0 radical (unpaired) electrons. The molecule has 1 saturated heterocycles. The highest BCUT2D eigenvalue weighted by Gasteiger charge is 2.14. The first kappa shape index (κ1) is 17.7. The van der Waals surface area contributed by atoms with Crippen molar-refractivity contribution in [2.24, 2.45) is 0 Å². The minimum atomic E-state index is -0.338. The van der Waals surface area contributed by atoms with Crippen molar-refractivity contribution in [2.75, 3.05) is 19.8 Å². The summed E-state index contributed by atoms with van der Waals surface area (Å²) in [5.41, 5.74) is 1.62. The van der Waals surface area contributed by atoms with E-state index in [1.165, 1.54) is 17.8 Å². The van der Waals surface area contributed by atoms with Crippen molar-refractivity contribution in [1.29, 1.82) is 0 Å². The fourth-order valence-electron chi connectivity index (χ4n) is 3.06. The molecule has 0 spiro atoms. The number of halogens is 1. The van der Waals surface area contributed by atoms with Crippen molar-refractivity contribution >= 4 is 0 Å². The first-order valence-corrected chi connectivity index (χ1v) is 9.00. The highest BCUT2D eigenvalue weighted by molar-refractivity contribution is 5.56. The molecule has 27 heavy (non-hydrogen) atoms. The maximum Gasteiger partial charge on any atom is 0.232 e. The van der Waals surface area contributed by atoms with E-state index in [-0.39, 0.29) is 12.4 Å². The summed E-state index contributed by atoms with van der Waals surface area (Å²) in [5, 5.41) is 3.44. The van der Waals surface area contributed by atoms with Crippen LogP contribution in [0.15, 0.2) is 59.1 Å². The second-order valence-corrected chi connectivity index (χ2v) is 6.46. The van der Waals surface area contributed by atoms with Crippen molar-refractivity contribution in [1.82, 2.24) is 10.3 Å². The van der Waals surface area contributed by atoms with Gasteiger partial charge in [0.1, 0.15) is 11.6 Å². The van der Waals surface area contributed by atoms with E-state index in [0.29, 0.717) is 23.3 Å². The summed E-state index contributed by atoms with van der Waals surface area (Å²) in [6.45, 7) is 2.61. The van der Waals surface area contributed by atoms with Gasteiger partial charge in [-0.2, -0.15) is 0 Å². The molecule has 2 aromatic carbocycles. The lowest BCUT2D eigenvalue weighted by atomic mass is 10.1. The minimum Gasteiger partial charge on any atom is -0.484 e. The van der Waals surface area contributed by atoms with Crippen LogP contribution in [0, 0.1) is 5.82 Å². The van der Waals surface area contributed by atoms with Crippen LogP contribution in [0.4, 0.5) is 4.39 Å². The molecule has 0 saturated carbocycles. The van der Waals surface area contributed by atoms with Gasteiger partial charge in [-0.15, -0.1) is 0 Å². The van der Waals surface area contributed by atoms with Gasteiger partial charge in [-0.1, -0.05) is 24.3 Å². The maximum absolute atomic E-state index is 13.8. The van der Waals surface area contributed by atoms with E-state index < -0.39 is 0 Å². The van der Waals surface area contributed by atoms with Crippen molar-refractivity contribution in [2.45, 2.75) is 19.1 Å². The third kappa shape index (κ3) is 4.53. The zero-order valence-corrected chi connectivity index (χ0v) is 14.9. The molecule has 1 aliphatic heterocycles. The van der Waals surface area contributed by atoms with Crippen LogP contribution in [-0.4, -0.2) is 30.8 Å². The Morgan fingerprint density at radius 2 is 2.00 bits per heavy atom. The summed E-state index contributed by atoms with van der Waals surface area (Å²) in [6.07, 6.45) is 2.44. The molecule has 4 rings (SSSR count). The molecule has 2 heterocycles. The highest BCUT2D eigenvalue weighted by Crippen LogP contribution is 2.24. The van der Waals surface area contributed by atoms with Gasteiger partial charge in [0.15, 0.2) is 12.4 Å². The molecule has 3 aromatic rings. The second-order valence-electron chi connectivity index (χ2n) is 6.46. The first-order valence-electron chi connectivity index (χ1n) is 9.00. The van der Waals surface area contributed by atoms with Crippen molar-refractivity contribution < 1.29 is 18.3 Å². The normalized spacial score (nSPS) is 17.0. The summed E-state index contributed by atoms with van der Waals surface area (Å²) in [4.78, 5) is 4.16. The summed E-state index contributed by atoms with van der Waals surface area (Å²) in [6, 6.07) is 14.8. The number of ether oxygens (including phenoxy) is 2. The smallest absolute Gasteiger partial charge is 0.232 e. The quantitative estimate of drug-likeness (QED) is 0.721. The number of hydrogen-bond donors (Lipinski definition) is 1. The molecule has 0 aliphatic carbocycles. The van der Waals surface area contributed by atoms with E-state index in [1.54, 1.807) is 18.2 Å². The van der Waals surface area contributed by atoms with Gasteiger partial charge < -0.3 is 19.2 Å². The minimum absolute atomic E-state index is 0.186. The number of oxazole rings is 1. The average Bonchev–Trinajstić information content (AvgIpc) is 3.17. The van der Waals surface area contributed by atoms with Crippen molar-refractivity contribution in [3.8, 4) is 17.1 Å². The molecule has 1 N–H and O–H groups in total. The van der Waals surface area contributed by atoms with Crippen LogP contribution < -0.4 is 10.1 Å². The fraction of sp³-hybridized carbons (Fsp3) is 0.286. The Morgan fingerprint density at radius 3 is 2.78 bits per heavy atom. The Balaban J connectivity index is 1.33. The van der Waals surface area contributed by atoms with Crippen molar-refractivity contribution in [3.63, 3.8) is 0 Å². The topological polar surface area (TPSA) is 56.5 Å². The van der Waals surface area contributed by atoms with E-state index in [2.05, 4.69) is 10.3 Å². The zero-order valence-electron chi connectivity index (χ0n) is 14.9. The lowest BCUT2D eigenvalue weighted by Gasteiger charge is -2.23. The van der Waals surface area contributed by atoms with Gasteiger partial charge in [-0.05, 0) is 36.2 Å².